The molecule has 0 radical (unpaired) electrons. The Morgan fingerprint density at radius 3 is 2.33 bits per heavy atom. The van der Waals surface area contributed by atoms with Crippen LogP contribution in [-0.4, -0.2) is 18.4 Å². The summed E-state index contributed by atoms with van der Waals surface area (Å²) < 4.78 is 4.71. The van der Waals surface area contributed by atoms with E-state index in [0.29, 0.717) is 5.69 Å². The minimum atomic E-state index is -0.413. The number of methoxy groups -OCH3 is 1. The first-order chi connectivity index (χ1) is 7.06. The van der Waals surface area contributed by atoms with Crippen LogP contribution in [0.2, 0.25) is 0 Å². The van der Waals surface area contributed by atoms with Gasteiger partial charge in [0.2, 0.25) is 0 Å². The van der Waals surface area contributed by atoms with E-state index in [9.17, 15) is 10.1 Å². The molecule has 0 bridgehead atoms. The quantitative estimate of drug-likeness (QED) is 0.332. The maximum absolute atomic E-state index is 10.6. The van der Waals surface area contributed by atoms with Gasteiger partial charge < -0.3 is 4.74 Å². The third-order valence-electron chi connectivity index (χ3n) is 1.97. The topological polar surface area (TPSA) is 64.7 Å². The lowest BCUT2D eigenvalue weighted by Crippen LogP contribution is -1.91. The van der Waals surface area contributed by atoms with Crippen LogP contribution in [0.1, 0.15) is 11.1 Å². The fraction of sp³-hybridized carbons (Fsp3) is 0.300. The molecule has 0 heterocycles. The zero-order chi connectivity index (χ0) is 11.4. The summed E-state index contributed by atoms with van der Waals surface area (Å²) in [4.78, 5) is 14.2. The fourth-order valence-electron chi connectivity index (χ4n) is 1.35. The van der Waals surface area contributed by atoms with Crippen LogP contribution in [0, 0.1) is 24.0 Å². The van der Waals surface area contributed by atoms with Gasteiger partial charge in [0.1, 0.15) is 0 Å². The highest BCUT2D eigenvalue weighted by atomic mass is 16.6. The summed E-state index contributed by atoms with van der Waals surface area (Å²) in [6, 6.07) is 2.99. The first-order valence-electron chi connectivity index (χ1n) is 4.37. The minimum absolute atomic E-state index is 0.0846. The van der Waals surface area contributed by atoms with Gasteiger partial charge in [0.05, 0.1) is 17.7 Å². The summed E-state index contributed by atoms with van der Waals surface area (Å²) in [5, 5.41) is 10.6. The van der Waals surface area contributed by atoms with Gasteiger partial charge in [-0.1, -0.05) is 0 Å². The molecule has 80 valence electrons. The molecule has 0 amide bonds. The Kier molecular flexibility index (Phi) is 3.38. The van der Waals surface area contributed by atoms with Gasteiger partial charge in [0.25, 0.3) is 5.69 Å². The number of nitro groups is 1. The van der Waals surface area contributed by atoms with E-state index in [4.69, 9.17) is 4.74 Å². The molecule has 0 aliphatic rings. The molecule has 0 aliphatic heterocycles. The molecule has 0 aliphatic carbocycles. The van der Waals surface area contributed by atoms with Crippen molar-refractivity contribution < 1.29 is 9.66 Å². The molecule has 0 aromatic heterocycles. The molecule has 0 atom stereocenters. The number of hydrogen-bond acceptors (Lipinski definition) is 4. The van der Waals surface area contributed by atoms with Gasteiger partial charge in [-0.25, -0.2) is 4.99 Å². The van der Waals surface area contributed by atoms with Gasteiger partial charge in [-0.3, -0.25) is 10.1 Å². The molecule has 0 N–H and O–H groups in total. The number of ether oxygens (including phenoxy) is 1. The van der Waals surface area contributed by atoms with Crippen molar-refractivity contribution in [2.75, 3.05) is 7.11 Å². The minimum Gasteiger partial charge on any atom is -0.486 e. The van der Waals surface area contributed by atoms with Gasteiger partial charge in [0.15, 0.2) is 6.40 Å². The van der Waals surface area contributed by atoms with E-state index in [-0.39, 0.29) is 5.69 Å². The smallest absolute Gasteiger partial charge is 0.270 e. The maximum Gasteiger partial charge on any atom is 0.270 e. The molecule has 0 saturated carbocycles. The van der Waals surface area contributed by atoms with E-state index in [1.807, 2.05) is 0 Å². The van der Waals surface area contributed by atoms with E-state index >= 15 is 0 Å². The van der Waals surface area contributed by atoms with Crippen molar-refractivity contribution >= 4 is 17.8 Å². The predicted molar refractivity (Wildman–Crippen MR) is 57.7 cm³/mol. The number of aliphatic imine (C=N–C) groups is 1. The number of non-ortho nitro benzene ring substituents is 1. The van der Waals surface area contributed by atoms with Crippen LogP contribution in [0.15, 0.2) is 17.1 Å². The third kappa shape index (κ3) is 2.52. The summed E-state index contributed by atoms with van der Waals surface area (Å²) in [7, 11) is 1.50. The van der Waals surface area contributed by atoms with Crippen molar-refractivity contribution in [1.82, 2.24) is 0 Å². The van der Waals surface area contributed by atoms with E-state index < -0.39 is 4.92 Å². The summed E-state index contributed by atoms with van der Waals surface area (Å²) >= 11 is 0. The Labute approximate surface area is 87.6 Å². The molecule has 15 heavy (non-hydrogen) atoms. The molecular weight excluding hydrogens is 196 g/mol. The van der Waals surface area contributed by atoms with Crippen molar-refractivity contribution in [3.8, 4) is 0 Å². The van der Waals surface area contributed by atoms with E-state index in [1.165, 1.54) is 25.6 Å². The van der Waals surface area contributed by atoms with Crippen molar-refractivity contribution in [3.05, 3.63) is 33.4 Å². The van der Waals surface area contributed by atoms with Crippen molar-refractivity contribution in [1.29, 1.82) is 0 Å². The van der Waals surface area contributed by atoms with E-state index in [0.717, 1.165) is 11.1 Å². The first kappa shape index (κ1) is 11.2. The second-order valence-corrected chi connectivity index (χ2v) is 3.16. The first-order valence-corrected chi connectivity index (χ1v) is 4.37. The molecule has 0 spiro atoms. The molecule has 0 saturated heterocycles. The Bertz CT molecular complexity index is 390. The predicted octanol–water partition coefficient (Wildman–Crippen LogP) is 2.52. The average Bonchev–Trinajstić information content (AvgIpc) is 2.16. The molecule has 0 unspecified atom stereocenters. The van der Waals surface area contributed by atoms with E-state index in [2.05, 4.69) is 4.99 Å². The van der Waals surface area contributed by atoms with Gasteiger partial charge >= 0.3 is 0 Å². The summed E-state index contributed by atoms with van der Waals surface area (Å²) in [6.45, 7) is 3.56. The van der Waals surface area contributed by atoms with Crippen LogP contribution < -0.4 is 0 Å². The maximum atomic E-state index is 10.6. The fourth-order valence-corrected chi connectivity index (χ4v) is 1.35. The summed E-state index contributed by atoms with van der Waals surface area (Å²) in [5.41, 5.74) is 2.31. The lowest BCUT2D eigenvalue weighted by atomic mass is 10.1. The van der Waals surface area contributed by atoms with Gasteiger partial charge in [-0.05, 0) is 25.0 Å². The zero-order valence-corrected chi connectivity index (χ0v) is 8.85. The Balaban J connectivity index is 3.21. The van der Waals surface area contributed by atoms with Crippen LogP contribution in [-0.2, 0) is 4.74 Å². The number of nitrogens with zero attached hydrogens (tertiary/aromatic N) is 2. The van der Waals surface area contributed by atoms with Crippen LogP contribution in [0.25, 0.3) is 0 Å². The number of aryl methyl sites for hydroxylation is 2. The standard InChI is InChI=1S/C10H12N2O3/c1-7-4-9(12(13)14)5-8(2)10(7)11-6-15-3/h4-6H,1-3H3. The van der Waals surface area contributed by atoms with Crippen molar-refractivity contribution in [2.24, 2.45) is 4.99 Å². The van der Waals surface area contributed by atoms with Gasteiger partial charge in [-0.2, -0.15) is 0 Å². The molecule has 1 rings (SSSR count). The molecule has 0 fully saturated rings. The molecular formula is C10H12N2O3. The summed E-state index contributed by atoms with van der Waals surface area (Å²) in [6.07, 6.45) is 1.31. The Morgan fingerprint density at radius 1 is 1.40 bits per heavy atom. The molecule has 1 aromatic carbocycles. The molecule has 1 aromatic rings. The highest BCUT2D eigenvalue weighted by Crippen LogP contribution is 2.28. The molecule has 5 heteroatoms. The summed E-state index contributed by atoms with van der Waals surface area (Å²) in [5.74, 6) is 0. The SMILES string of the molecule is COC=Nc1c(C)cc([N+](=O)[O-])cc1C. The highest BCUT2D eigenvalue weighted by Gasteiger charge is 2.10. The lowest BCUT2D eigenvalue weighted by molar-refractivity contribution is -0.384. The van der Waals surface area contributed by atoms with Crippen molar-refractivity contribution in [2.45, 2.75) is 13.8 Å². The zero-order valence-electron chi connectivity index (χ0n) is 8.85. The number of rotatable bonds is 3. The average molecular weight is 208 g/mol. The van der Waals surface area contributed by atoms with Gasteiger partial charge in [0, 0.05) is 12.1 Å². The highest BCUT2D eigenvalue weighted by molar-refractivity contribution is 5.64. The Morgan fingerprint density at radius 2 is 1.93 bits per heavy atom. The monoisotopic (exact) mass is 208 g/mol. The lowest BCUT2D eigenvalue weighted by Gasteiger charge is -2.03. The van der Waals surface area contributed by atoms with Crippen molar-refractivity contribution in [3.63, 3.8) is 0 Å². The normalized spacial score (nSPS) is 10.6. The number of nitro benzene ring substituents is 1. The second kappa shape index (κ2) is 4.54. The largest absolute Gasteiger partial charge is 0.486 e. The van der Waals surface area contributed by atoms with Gasteiger partial charge in [-0.15, -0.1) is 0 Å². The van der Waals surface area contributed by atoms with E-state index in [1.54, 1.807) is 13.8 Å². The van der Waals surface area contributed by atoms with Crippen LogP contribution in [0.4, 0.5) is 11.4 Å². The Hall–Kier alpha value is -1.91. The second-order valence-electron chi connectivity index (χ2n) is 3.16. The number of benzene rings is 1. The van der Waals surface area contributed by atoms with Crippen LogP contribution in [0.5, 0.6) is 0 Å². The van der Waals surface area contributed by atoms with Crippen LogP contribution in [0.3, 0.4) is 0 Å². The molecule has 5 nitrogen and oxygen atoms in total. The van der Waals surface area contributed by atoms with Crippen LogP contribution >= 0.6 is 0 Å². The third-order valence-corrected chi connectivity index (χ3v) is 1.97. The number of hydrogen-bond donors (Lipinski definition) is 0.